The van der Waals surface area contributed by atoms with Gasteiger partial charge >= 0.3 is 0 Å². The average molecular weight is 287 g/mol. The topological polar surface area (TPSA) is 55.1 Å². The first-order valence-electron chi connectivity index (χ1n) is 6.56. The molecule has 0 spiro atoms. The van der Waals surface area contributed by atoms with Gasteiger partial charge in [0.25, 0.3) is 0 Å². The molecule has 0 atom stereocenters. The van der Waals surface area contributed by atoms with Gasteiger partial charge in [-0.2, -0.15) is 0 Å². The zero-order valence-corrected chi connectivity index (χ0v) is 11.7. The van der Waals surface area contributed by atoms with Gasteiger partial charge in [-0.3, -0.25) is 4.79 Å². The molecule has 0 saturated heterocycles. The maximum atomic E-state index is 12.3. The standard InChI is InChI=1S/C16H15ClN2O/c17-14-9-13(18)5-6-15(14)19-16(20)12-7-10-3-1-2-4-11(10)8-12/h1-6,9,12H,7-8,18H2,(H,19,20). The lowest BCUT2D eigenvalue weighted by atomic mass is 10.1. The Morgan fingerprint density at radius 3 is 2.40 bits per heavy atom. The lowest BCUT2D eigenvalue weighted by Gasteiger charge is -2.12. The predicted octanol–water partition coefficient (Wildman–Crippen LogP) is 3.28. The minimum absolute atomic E-state index is 0.00729. The first-order chi connectivity index (χ1) is 9.63. The number of fused-ring (bicyclic) bond motifs is 1. The van der Waals surface area contributed by atoms with Crippen LogP contribution >= 0.6 is 11.6 Å². The molecule has 102 valence electrons. The summed E-state index contributed by atoms with van der Waals surface area (Å²) in [7, 11) is 0. The summed E-state index contributed by atoms with van der Waals surface area (Å²) >= 11 is 6.07. The number of carbonyl (C=O) groups excluding carboxylic acids is 1. The minimum Gasteiger partial charge on any atom is -0.399 e. The third kappa shape index (κ3) is 2.49. The molecule has 2 aromatic carbocycles. The van der Waals surface area contributed by atoms with Crippen molar-refractivity contribution >= 4 is 28.9 Å². The van der Waals surface area contributed by atoms with E-state index in [1.54, 1.807) is 18.2 Å². The van der Waals surface area contributed by atoms with E-state index >= 15 is 0 Å². The molecule has 0 heterocycles. The highest BCUT2D eigenvalue weighted by Crippen LogP contribution is 2.29. The number of hydrogen-bond acceptors (Lipinski definition) is 2. The molecular weight excluding hydrogens is 272 g/mol. The van der Waals surface area contributed by atoms with Crippen molar-refractivity contribution in [1.29, 1.82) is 0 Å². The fourth-order valence-corrected chi connectivity index (χ4v) is 2.85. The smallest absolute Gasteiger partial charge is 0.228 e. The Hall–Kier alpha value is -2.00. The van der Waals surface area contributed by atoms with Crippen molar-refractivity contribution in [3.05, 3.63) is 58.6 Å². The molecule has 0 aliphatic heterocycles. The molecule has 1 amide bonds. The normalized spacial score (nSPS) is 14.1. The van der Waals surface area contributed by atoms with Crippen molar-refractivity contribution in [2.45, 2.75) is 12.8 Å². The molecule has 0 saturated carbocycles. The van der Waals surface area contributed by atoms with Gasteiger partial charge in [0.15, 0.2) is 0 Å². The van der Waals surface area contributed by atoms with Gasteiger partial charge in [0, 0.05) is 11.6 Å². The molecule has 0 aromatic heterocycles. The van der Waals surface area contributed by atoms with E-state index in [1.807, 2.05) is 12.1 Å². The Balaban J connectivity index is 1.72. The van der Waals surface area contributed by atoms with E-state index in [0.29, 0.717) is 16.4 Å². The largest absolute Gasteiger partial charge is 0.399 e. The molecule has 20 heavy (non-hydrogen) atoms. The second kappa shape index (κ2) is 5.17. The van der Waals surface area contributed by atoms with Crippen molar-refractivity contribution in [2.24, 2.45) is 5.92 Å². The Labute approximate surface area is 122 Å². The van der Waals surface area contributed by atoms with Crippen LogP contribution in [0.4, 0.5) is 11.4 Å². The van der Waals surface area contributed by atoms with Crippen LogP contribution in [0.5, 0.6) is 0 Å². The average Bonchev–Trinajstić information content (AvgIpc) is 2.86. The third-order valence-electron chi connectivity index (χ3n) is 3.67. The highest BCUT2D eigenvalue weighted by atomic mass is 35.5. The van der Waals surface area contributed by atoms with E-state index in [-0.39, 0.29) is 11.8 Å². The van der Waals surface area contributed by atoms with Crippen molar-refractivity contribution in [1.82, 2.24) is 0 Å². The van der Waals surface area contributed by atoms with Crippen LogP contribution in [-0.2, 0) is 17.6 Å². The van der Waals surface area contributed by atoms with Crippen molar-refractivity contribution in [3.63, 3.8) is 0 Å². The van der Waals surface area contributed by atoms with Gasteiger partial charge in [0.1, 0.15) is 0 Å². The molecule has 2 aromatic rings. The number of benzene rings is 2. The number of nitrogen functional groups attached to an aromatic ring is 1. The fraction of sp³-hybridized carbons (Fsp3) is 0.188. The highest BCUT2D eigenvalue weighted by molar-refractivity contribution is 6.34. The molecule has 0 bridgehead atoms. The number of carbonyl (C=O) groups is 1. The summed E-state index contributed by atoms with van der Waals surface area (Å²) in [5.74, 6) is -0.0195. The zero-order chi connectivity index (χ0) is 14.1. The van der Waals surface area contributed by atoms with Crippen molar-refractivity contribution < 1.29 is 4.79 Å². The zero-order valence-electron chi connectivity index (χ0n) is 10.9. The van der Waals surface area contributed by atoms with Crippen molar-refractivity contribution in [3.8, 4) is 0 Å². The molecule has 3 N–H and O–H groups in total. The Morgan fingerprint density at radius 2 is 1.80 bits per heavy atom. The Morgan fingerprint density at radius 1 is 1.15 bits per heavy atom. The van der Waals surface area contributed by atoms with E-state index in [1.165, 1.54) is 11.1 Å². The van der Waals surface area contributed by atoms with Gasteiger partial charge < -0.3 is 11.1 Å². The minimum atomic E-state index is -0.0268. The number of nitrogens with one attached hydrogen (secondary N) is 1. The van der Waals surface area contributed by atoms with Crippen molar-refractivity contribution in [2.75, 3.05) is 11.1 Å². The maximum absolute atomic E-state index is 12.3. The summed E-state index contributed by atoms with van der Waals surface area (Å²) in [6.45, 7) is 0. The molecule has 1 aliphatic carbocycles. The van der Waals surface area contributed by atoms with E-state index in [0.717, 1.165) is 12.8 Å². The maximum Gasteiger partial charge on any atom is 0.228 e. The summed E-state index contributed by atoms with van der Waals surface area (Å²) in [6, 6.07) is 13.3. The molecular formula is C16H15ClN2O. The van der Waals surface area contributed by atoms with Gasteiger partial charge in [-0.15, -0.1) is 0 Å². The molecule has 0 fully saturated rings. The molecule has 3 rings (SSSR count). The monoisotopic (exact) mass is 286 g/mol. The van der Waals surface area contributed by atoms with Gasteiger partial charge in [0.05, 0.1) is 10.7 Å². The summed E-state index contributed by atoms with van der Waals surface area (Å²) in [5, 5.41) is 3.35. The number of amides is 1. The van der Waals surface area contributed by atoms with E-state index < -0.39 is 0 Å². The van der Waals surface area contributed by atoms with Gasteiger partial charge in [0.2, 0.25) is 5.91 Å². The van der Waals surface area contributed by atoms with Crippen LogP contribution in [0.15, 0.2) is 42.5 Å². The first-order valence-corrected chi connectivity index (χ1v) is 6.94. The van der Waals surface area contributed by atoms with Crippen LogP contribution < -0.4 is 11.1 Å². The summed E-state index contributed by atoms with van der Waals surface area (Å²) < 4.78 is 0. The second-order valence-electron chi connectivity index (χ2n) is 5.10. The van der Waals surface area contributed by atoms with E-state index in [4.69, 9.17) is 17.3 Å². The van der Waals surface area contributed by atoms with Gasteiger partial charge in [-0.05, 0) is 42.2 Å². The van der Waals surface area contributed by atoms with Crippen LogP contribution in [0.2, 0.25) is 5.02 Å². The van der Waals surface area contributed by atoms with Gasteiger partial charge in [-0.1, -0.05) is 35.9 Å². The molecule has 3 nitrogen and oxygen atoms in total. The number of hydrogen-bond donors (Lipinski definition) is 2. The number of nitrogens with two attached hydrogens (primary N) is 1. The highest BCUT2D eigenvalue weighted by Gasteiger charge is 2.27. The third-order valence-corrected chi connectivity index (χ3v) is 3.99. The van der Waals surface area contributed by atoms with Gasteiger partial charge in [-0.25, -0.2) is 0 Å². The first kappa shape index (κ1) is 13.0. The van der Waals surface area contributed by atoms with Crippen LogP contribution in [0, 0.1) is 5.92 Å². The SMILES string of the molecule is Nc1ccc(NC(=O)C2Cc3ccccc3C2)c(Cl)c1. The predicted molar refractivity (Wildman–Crippen MR) is 81.8 cm³/mol. The van der Waals surface area contributed by atoms with E-state index in [2.05, 4.69) is 17.4 Å². The fourth-order valence-electron chi connectivity index (χ4n) is 2.61. The summed E-state index contributed by atoms with van der Waals surface area (Å²) in [6.07, 6.45) is 1.57. The van der Waals surface area contributed by atoms with Crippen LogP contribution in [0.1, 0.15) is 11.1 Å². The van der Waals surface area contributed by atoms with Crippen LogP contribution in [-0.4, -0.2) is 5.91 Å². The van der Waals surface area contributed by atoms with Crippen LogP contribution in [0.3, 0.4) is 0 Å². The summed E-state index contributed by atoms with van der Waals surface area (Å²) in [5.41, 5.74) is 9.36. The molecule has 0 unspecified atom stereocenters. The Kier molecular flexibility index (Phi) is 3.36. The summed E-state index contributed by atoms with van der Waals surface area (Å²) in [4.78, 5) is 12.3. The van der Waals surface area contributed by atoms with E-state index in [9.17, 15) is 4.79 Å². The number of rotatable bonds is 2. The van der Waals surface area contributed by atoms with Crippen LogP contribution in [0.25, 0.3) is 0 Å². The molecule has 0 radical (unpaired) electrons. The lowest BCUT2D eigenvalue weighted by Crippen LogP contribution is -2.23. The quantitative estimate of drug-likeness (QED) is 0.833. The lowest BCUT2D eigenvalue weighted by molar-refractivity contribution is -0.119. The Bertz CT molecular complexity index is 644. The number of halogens is 1. The second-order valence-corrected chi connectivity index (χ2v) is 5.51. The number of anilines is 2. The molecule has 1 aliphatic rings. The molecule has 4 heteroatoms.